The maximum absolute atomic E-state index is 12.7. The van der Waals surface area contributed by atoms with Gasteiger partial charge in [0.2, 0.25) is 0 Å². The van der Waals surface area contributed by atoms with Crippen LogP contribution in [0.3, 0.4) is 0 Å². The third-order valence-electron chi connectivity index (χ3n) is 14.6. The Balaban J connectivity index is 0.000000218. The average molecular weight is 1270 g/mol. The molecule has 3 amide bonds. The molecule has 0 fully saturated rings. The van der Waals surface area contributed by atoms with Crippen LogP contribution in [0.2, 0.25) is 0 Å². The number of amidine groups is 1. The molecule has 0 saturated heterocycles. The van der Waals surface area contributed by atoms with E-state index in [1.54, 1.807) is 85.3 Å². The largest absolute Gasteiger partial charge is 0.409 e. The van der Waals surface area contributed by atoms with E-state index in [1.807, 2.05) is 102 Å². The van der Waals surface area contributed by atoms with Crippen LogP contribution >= 0.6 is 12.4 Å². The first-order valence-corrected chi connectivity index (χ1v) is 28.7. The molecule has 6 aromatic heterocycles. The summed E-state index contributed by atoms with van der Waals surface area (Å²) in [6.07, 6.45) is 6.64. The fraction of sp³-hybridized carbons (Fsp3) is 0.191. The minimum Gasteiger partial charge on any atom is -0.409 e. The summed E-state index contributed by atoms with van der Waals surface area (Å²) >= 11 is 0. The van der Waals surface area contributed by atoms with Crippen LogP contribution in [0.25, 0.3) is 4.85 Å². The van der Waals surface area contributed by atoms with Crippen molar-refractivity contribution in [2.75, 3.05) is 17.2 Å². The van der Waals surface area contributed by atoms with Gasteiger partial charge in [-0.15, -0.1) is 12.4 Å². The van der Waals surface area contributed by atoms with Crippen LogP contribution in [0.15, 0.2) is 156 Å². The summed E-state index contributed by atoms with van der Waals surface area (Å²) in [5, 5.41) is 31.0. The molecule has 1 aliphatic rings. The van der Waals surface area contributed by atoms with Crippen molar-refractivity contribution in [2.45, 2.75) is 86.9 Å². The van der Waals surface area contributed by atoms with Gasteiger partial charge in [0.25, 0.3) is 17.7 Å². The lowest BCUT2D eigenvalue weighted by molar-refractivity contribution is -0.140. The van der Waals surface area contributed by atoms with E-state index < -0.39 is 0 Å². The van der Waals surface area contributed by atoms with Crippen molar-refractivity contribution in [3.8, 4) is 0 Å². The van der Waals surface area contributed by atoms with Gasteiger partial charge in [0, 0.05) is 119 Å². The molecule has 7 heterocycles. The van der Waals surface area contributed by atoms with Gasteiger partial charge in [-0.3, -0.25) is 29.3 Å². The number of benzene rings is 3. The van der Waals surface area contributed by atoms with E-state index in [9.17, 15) is 19.2 Å². The highest BCUT2D eigenvalue weighted by molar-refractivity contribution is 6.11. The normalized spacial score (nSPS) is 11.3. The SMILES string of the molecule is Cc1cc(N)nc(C)c1CNC(=O)c1ccnc(Cc2cccc(C(N)=NO)c2)c1.Cc1cc(N)nc(C)c1CNC(=O)c1ccnc(Cc2cccc(C3=NOC(=O)C3)c2)c1.Cl.NO.[C-]#[N+]c1cccc(Cc2cc(C(=O)NCc3c(C)cc(N)nc3C)ccn2)c1. The summed E-state index contributed by atoms with van der Waals surface area (Å²) in [5.74, 6) is 4.05. The van der Waals surface area contributed by atoms with Crippen LogP contribution in [-0.2, 0) is 48.5 Å². The molecule has 0 unspecified atom stereocenters. The number of carbonyl (C=O) groups is 4. The van der Waals surface area contributed by atoms with E-state index in [1.165, 1.54) is 0 Å². The second-order valence-electron chi connectivity index (χ2n) is 21.3. The fourth-order valence-corrected chi connectivity index (χ4v) is 10.0. The molecule has 1 aliphatic heterocycles. The summed E-state index contributed by atoms with van der Waals surface area (Å²) in [5.41, 5.74) is 40.6. The van der Waals surface area contributed by atoms with E-state index in [0.29, 0.717) is 90.0 Å². The van der Waals surface area contributed by atoms with Crippen LogP contribution in [0.4, 0.5) is 23.1 Å². The number of anilines is 3. The van der Waals surface area contributed by atoms with Crippen LogP contribution in [0.5, 0.6) is 0 Å². The molecular weight excluding hydrogens is 1200 g/mol. The van der Waals surface area contributed by atoms with Gasteiger partial charge in [-0.25, -0.2) is 30.5 Å². The quantitative estimate of drug-likeness (QED) is 0.0102. The zero-order valence-electron chi connectivity index (χ0n) is 52.1. The number of pyridine rings is 6. The summed E-state index contributed by atoms with van der Waals surface area (Å²) < 4.78 is 0. The maximum atomic E-state index is 12.7. The van der Waals surface area contributed by atoms with E-state index in [4.69, 9.17) is 39.9 Å². The molecule has 24 nitrogen and oxygen atoms in total. The Labute approximate surface area is 544 Å². The molecule has 9 aromatic rings. The summed E-state index contributed by atoms with van der Waals surface area (Å²) in [6.45, 7) is 19.7. The first kappa shape index (κ1) is 70.6. The average Bonchev–Trinajstić information content (AvgIpc) is 1.62. The second kappa shape index (κ2) is 33.9. The van der Waals surface area contributed by atoms with Gasteiger partial charge in [-0.05, 0) is 153 Å². The first-order chi connectivity index (χ1) is 44.2. The molecule has 25 heteroatoms. The molecule has 0 spiro atoms. The molecule has 93 heavy (non-hydrogen) atoms. The molecular formula is C68H72ClN17O7. The van der Waals surface area contributed by atoms with Gasteiger partial charge in [0.1, 0.15) is 17.5 Å². The molecule has 15 N–H and O–H groups in total. The number of nitrogens with zero attached hydrogens (tertiary/aromatic N) is 9. The van der Waals surface area contributed by atoms with Crippen LogP contribution < -0.4 is 44.8 Å². The molecule has 0 bridgehead atoms. The smallest absolute Gasteiger partial charge is 0.341 e. The topological polar surface area (TPSA) is 391 Å². The standard InChI is InChI=1S/C24H23N5O3.C22H24N6O2.C22H21N5O.ClH.H3NO/c1-14-8-22(25)28-15(2)20(14)13-27-24(31)18-6-7-26-19(11-18)10-16-4-3-5-17(9-16)21-12-23(30)32-29-21;1-13-8-20(23)27-14(2)19(13)12-26-22(29)17-6-7-25-18(11-17)10-15-4-3-5-16(9-15)21(24)28-30;1-14-9-21(23)27-15(2)20(14)13-26-22(28)17-7-8-25-19(12-17)11-16-5-4-6-18(10-16)24-3;;1-2/h3-9,11H,10,12-13H2,1-2H3,(H2,25,28)(H,27,31);3-9,11,30H,10,12H2,1-2H3,(H2,23,27)(H2,24,28)(H,26,29);4-10,12H,11,13H2,1-2H3,(H2,23,27)(H,26,28);1H;2H,1H2. The number of rotatable bonds is 17. The Bertz CT molecular complexity index is 4220. The Morgan fingerprint density at radius 1 is 0.548 bits per heavy atom. The Morgan fingerprint density at radius 3 is 1.31 bits per heavy atom. The number of oxime groups is 2. The fourth-order valence-electron chi connectivity index (χ4n) is 10.0. The third-order valence-corrected chi connectivity index (χ3v) is 14.6. The highest BCUT2D eigenvalue weighted by atomic mass is 35.5. The predicted molar refractivity (Wildman–Crippen MR) is 358 cm³/mol. The lowest BCUT2D eigenvalue weighted by Crippen LogP contribution is -2.24. The van der Waals surface area contributed by atoms with Crippen LogP contribution in [-0.4, -0.2) is 75.6 Å². The highest BCUT2D eigenvalue weighted by Gasteiger charge is 2.20. The van der Waals surface area contributed by atoms with Crippen LogP contribution in [0.1, 0.15) is 133 Å². The number of hydrogen-bond acceptors (Lipinski definition) is 19. The number of nitrogen functional groups attached to an aromatic ring is 3. The lowest BCUT2D eigenvalue weighted by Gasteiger charge is -2.12. The van der Waals surface area contributed by atoms with Crippen molar-refractivity contribution in [3.63, 3.8) is 0 Å². The van der Waals surface area contributed by atoms with Crippen molar-refractivity contribution in [1.82, 2.24) is 45.9 Å². The number of halogens is 1. The number of aryl methyl sites for hydroxylation is 6. The molecule has 478 valence electrons. The van der Waals surface area contributed by atoms with E-state index in [0.717, 1.165) is 89.8 Å². The van der Waals surface area contributed by atoms with Crippen molar-refractivity contribution >= 4 is 70.8 Å². The molecule has 3 aromatic carbocycles. The van der Waals surface area contributed by atoms with E-state index >= 15 is 0 Å². The lowest BCUT2D eigenvalue weighted by atomic mass is 10.0. The number of amides is 3. The van der Waals surface area contributed by atoms with Gasteiger partial charge in [-0.1, -0.05) is 76.5 Å². The summed E-state index contributed by atoms with van der Waals surface area (Å²) in [7, 11) is 0. The Hall–Kier alpha value is -11.5. The second-order valence-corrected chi connectivity index (χ2v) is 21.3. The third kappa shape index (κ3) is 20.2. The number of nitrogens with two attached hydrogens (primary N) is 5. The number of aromatic nitrogens is 6. The minimum absolute atomic E-state index is 0. The molecule has 0 aliphatic carbocycles. The number of carbonyl (C=O) groups excluding carboxylic acids is 4. The molecule has 10 rings (SSSR count). The molecule has 0 radical (unpaired) electrons. The van der Waals surface area contributed by atoms with Crippen molar-refractivity contribution in [3.05, 3.63) is 269 Å². The Morgan fingerprint density at radius 2 is 0.935 bits per heavy atom. The zero-order valence-corrected chi connectivity index (χ0v) is 52.9. The van der Waals surface area contributed by atoms with E-state index in [2.05, 4.69) is 71.7 Å². The van der Waals surface area contributed by atoms with Crippen molar-refractivity contribution in [1.29, 1.82) is 0 Å². The van der Waals surface area contributed by atoms with Crippen molar-refractivity contribution < 1.29 is 34.4 Å². The zero-order chi connectivity index (χ0) is 66.4. The first-order valence-electron chi connectivity index (χ1n) is 28.7. The monoisotopic (exact) mass is 1270 g/mol. The van der Waals surface area contributed by atoms with Crippen LogP contribution in [0, 0.1) is 48.1 Å². The van der Waals surface area contributed by atoms with Gasteiger partial charge >= 0.3 is 5.97 Å². The summed E-state index contributed by atoms with van der Waals surface area (Å²) in [6, 6.07) is 38.2. The Kier molecular flexibility index (Phi) is 25.7. The predicted octanol–water partition coefficient (Wildman–Crippen LogP) is 8.64. The minimum atomic E-state index is -0.356. The van der Waals surface area contributed by atoms with Crippen molar-refractivity contribution in [2.24, 2.45) is 21.9 Å². The van der Waals surface area contributed by atoms with Gasteiger partial charge in [0.15, 0.2) is 11.5 Å². The molecule has 0 atom stereocenters. The van der Waals surface area contributed by atoms with Gasteiger partial charge in [0.05, 0.1) is 18.7 Å². The maximum Gasteiger partial charge on any atom is 0.341 e. The summed E-state index contributed by atoms with van der Waals surface area (Å²) in [4.78, 5) is 83.3. The van der Waals surface area contributed by atoms with Gasteiger partial charge in [-0.2, -0.15) is 0 Å². The van der Waals surface area contributed by atoms with E-state index in [-0.39, 0.29) is 48.4 Å². The molecule has 0 saturated carbocycles. The number of nitrogens with one attached hydrogen (secondary N) is 3. The van der Waals surface area contributed by atoms with Gasteiger partial charge < -0.3 is 54.1 Å². The number of hydrogen-bond donors (Lipinski definition) is 10. The highest BCUT2D eigenvalue weighted by Crippen LogP contribution is 2.22.